The minimum atomic E-state index is -0.360. The van der Waals surface area contributed by atoms with Crippen molar-refractivity contribution in [1.29, 1.82) is 0 Å². The minimum absolute atomic E-state index is 0.0496. The molecule has 6 rings (SSSR count). The maximum absolute atomic E-state index is 13.9. The molecule has 0 aliphatic carbocycles. The van der Waals surface area contributed by atoms with Crippen LogP contribution in [0.25, 0.3) is 22.2 Å². The molecular weight excluding hydrogens is 479 g/mol. The Morgan fingerprint density at radius 1 is 0.842 bits per heavy atom. The van der Waals surface area contributed by atoms with E-state index >= 15 is 0 Å². The number of carbonyl (C=O) groups is 1. The lowest BCUT2D eigenvalue weighted by atomic mass is 9.92. The van der Waals surface area contributed by atoms with E-state index in [9.17, 15) is 9.18 Å². The van der Waals surface area contributed by atoms with Crippen molar-refractivity contribution >= 4 is 16.8 Å². The molecule has 1 unspecified atom stereocenters. The van der Waals surface area contributed by atoms with Gasteiger partial charge in [-0.05, 0) is 53.6 Å². The molecule has 0 saturated carbocycles. The number of benzene rings is 4. The third-order valence-corrected chi connectivity index (χ3v) is 7.41. The summed E-state index contributed by atoms with van der Waals surface area (Å²) in [6.07, 6.45) is 0. The molecule has 5 aromatic rings. The standard InChI is InChI=1S/C32H27FN2O3/c1-34-27-11-7-6-10-25(27)29(30(34)26-18-22(37-2)16-17-28(26)38-3)31-23-8-4-5-9-24(23)32(36)35(31)19-20-12-14-21(33)15-13-20/h4-18,31H,19H2,1-3H3. The third kappa shape index (κ3) is 3.72. The lowest BCUT2D eigenvalue weighted by Gasteiger charge is -2.27. The zero-order chi connectivity index (χ0) is 26.4. The summed E-state index contributed by atoms with van der Waals surface area (Å²) in [5.74, 6) is 1.07. The fourth-order valence-electron chi connectivity index (χ4n) is 5.66. The third-order valence-electron chi connectivity index (χ3n) is 7.41. The average Bonchev–Trinajstić information content (AvgIpc) is 3.39. The number of fused-ring (bicyclic) bond motifs is 2. The van der Waals surface area contributed by atoms with Crippen LogP contribution in [-0.2, 0) is 13.6 Å². The van der Waals surface area contributed by atoms with Crippen molar-refractivity contribution < 1.29 is 18.7 Å². The largest absolute Gasteiger partial charge is 0.497 e. The number of amides is 1. The van der Waals surface area contributed by atoms with Crippen LogP contribution in [0.15, 0.2) is 91.0 Å². The van der Waals surface area contributed by atoms with Crippen molar-refractivity contribution in [2.24, 2.45) is 7.05 Å². The van der Waals surface area contributed by atoms with Gasteiger partial charge in [0.2, 0.25) is 0 Å². The highest BCUT2D eigenvalue weighted by molar-refractivity contribution is 6.02. The van der Waals surface area contributed by atoms with Crippen LogP contribution < -0.4 is 9.47 Å². The number of aryl methyl sites for hydroxylation is 1. The summed E-state index contributed by atoms with van der Waals surface area (Å²) < 4.78 is 27.2. The number of aromatic nitrogens is 1. The van der Waals surface area contributed by atoms with E-state index in [2.05, 4.69) is 16.7 Å². The predicted molar refractivity (Wildman–Crippen MR) is 146 cm³/mol. The highest BCUT2D eigenvalue weighted by Gasteiger charge is 2.41. The molecule has 0 spiro atoms. The van der Waals surface area contributed by atoms with Gasteiger partial charge in [0, 0.05) is 41.2 Å². The van der Waals surface area contributed by atoms with Gasteiger partial charge in [-0.15, -0.1) is 0 Å². The lowest BCUT2D eigenvalue weighted by Crippen LogP contribution is -2.28. The number of carbonyl (C=O) groups excluding carboxylic acids is 1. The highest BCUT2D eigenvalue weighted by atomic mass is 19.1. The van der Waals surface area contributed by atoms with E-state index in [-0.39, 0.29) is 17.8 Å². The zero-order valence-electron chi connectivity index (χ0n) is 21.4. The molecule has 38 heavy (non-hydrogen) atoms. The quantitative estimate of drug-likeness (QED) is 0.256. The van der Waals surface area contributed by atoms with Gasteiger partial charge < -0.3 is 18.9 Å². The number of methoxy groups -OCH3 is 2. The molecule has 1 aliphatic heterocycles. The number of ether oxygens (including phenoxy) is 2. The van der Waals surface area contributed by atoms with Crippen LogP contribution in [0.2, 0.25) is 0 Å². The summed E-state index contributed by atoms with van der Waals surface area (Å²) in [6, 6.07) is 27.7. The van der Waals surface area contributed by atoms with E-state index in [1.54, 1.807) is 26.4 Å². The second kappa shape index (κ2) is 9.38. The molecule has 190 valence electrons. The number of rotatable bonds is 6. The summed E-state index contributed by atoms with van der Waals surface area (Å²) in [5, 5.41) is 1.05. The second-order valence-electron chi connectivity index (χ2n) is 9.45. The summed E-state index contributed by atoms with van der Waals surface area (Å²) in [7, 11) is 5.33. The summed E-state index contributed by atoms with van der Waals surface area (Å²) >= 11 is 0. The van der Waals surface area contributed by atoms with Crippen molar-refractivity contribution in [3.05, 3.63) is 119 Å². The Morgan fingerprint density at radius 3 is 2.34 bits per heavy atom. The van der Waals surface area contributed by atoms with E-state index in [1.807, 2.05) is 66.5 Å². The first-order chi connectivity index (χ1) is 18.5. The second-order valence-corrected chi connectivity index (χ2v) is 9.45. The molecule has 4 aromatic carbocycles. The van der Waals surface area contributed by atoms with Crippen LogP contribution in [0, 0.1) is 5.82 Å². The maximum atomic E-state index is 13.9. The molecule has 0 N–H and O–H groups in total. The molecular formula is C32H27FN2O3. The number of hydrogen-bond acceptors (Lipinski definition) is 3. The Morgan fingerprint density at radius 2 is 1.58 bits per heavy atom. The number of hydrogen-bond donors (Lipinski definition) is 0. The predicted octanol–water partition coefficient (Wildman–Crippen LogP) is 6.75. The summed E-state index contributed by atoms with van der Waals surface area (Å²) in [5.41, 5.74) is 6.35. The van der Waals surface area contributed by atoms with E-state index in [0.29, 0.717) is 23.6 Å². The molecule has 6 heteroatoms. The van der Waals surface area contributed by atoms with Crippen LogP contribution in [0.1, 0.15) is 33.1 Å². The van der Waals surface area contributed by atoms with Crippen LogP contribution in [0.3, 0.4) is 0 Å². The lowest BCUT2D eigenvalue weighted by molar-refractivity contribution is 0.0737. The van der Waals surface area contributed by atoms with Gasteiger partial charge in [0.15, 0.2) is 0 Å². The molecule has 1 amide bonds. The smallest absolute Gasteiger partial charge is 0.255 e. The zero-order valence-corrected chi connectivity index (χ0v) is 21.4. The Hall–Kier alpha value is -4.58. The van der Waals surface area contributed by atoms with Gasteiger partial charge in [-0.3, -0.25) is 4.79 Å². The molecule has 0 fully saturated rings. The average molecular weight is 507 g/mol. The number of para-hydroxylation sites is 1. The van der Waals surface area contributed by atoms with Crippen molar-refractivity contribution in [2.45, 2.75) is 12.6 Å². The number of nitrogens with zero attached hydrogens (tertiary/aromatic N) is 2. The first-order valence-corrected chi connectivity index (χ1v) is 12.5. The molecule has 0 bridgehead atoms. The van der Waals surface area contributed by atoms with Crippen LogP contribution >= 0.6 is 0 Å². The van der Waals surface area contributed by atoms with E-state index < -0.39 is 0 Å². The summed E-state index contributed by atoms with van der Waals surface area (Å²) in [4.78, 5) is 15.8. The van der Waals surface area contributed by atoms with Crippen molar-refractivity contribution in [3.63, 3.8) is 0 Å². The number of halogens is 1. The van der Waals surface area contributed by atoms with Gasteiger partial charge in [-0.25, -0.2) is 4.39 Å². The molecule has 5 nitrogen and oxygen atoms in total. The van der Waals surface area contributed by atoms with Gasteiger partial charge in [0.25, 0.3) is 5.91 Å². The fraction of sp³-hybridized carbons (Fsp3) is 0.156. The van der Waals surface area contributed by atoms with Gasteiger partial charge >= 0.3 is 0 Å². The molecule has 0 radical (unpaired) electrons. The molecule has 1 aromatic heterocycles. The molecule has 0 saturated heterocycles. The SMILES string of the molecule is COc1ccc(OC)c(-c2c(C3c4ccccc4C(=O)N3Cc3ccc(F)cc3)c3ccccc3n2C)c1. The molecule has 1 atom stereocenters. The first-order valence-electron chi connectivity index (χ1n) is 12.5. The topological polar surface area (TPSA) is 43.7 Å². The van der Waals surface area contributed by atoms with E-state index in [0.717, 1.165) is 38.9 Å². The van der Waals surface area contributed by atoms with Crippen LogP contribution in [0.4, 0.5) is 4.39 Å². The molecule has 2 heterocycles. The Balaban J connectivity index is 1.65. The normalized spacial score (nSPS) is 14.7. The minimum Gasteiger partial charge on any atom is -0.497 e. The Labute approximate surface area is 220 Å². The van der Waals surface area contributed by atoms with Crippen molar-refractivity contribution in [3.8, 4) is 22.8 Å². The van der Waals surface area contributed by atoms with Crippen molar-refractivity contribution in [2.75, 3.05) is 14.2 Å². The molecule has 1 aliphatic rings. The van der Waals surface area contributed by atoms with Gasteiger partial charge in [-0.2, -0.15) is 0 Å². The van der Waals surface area contributed by atoms with Gasteiger partial charge in [-0.1, -0.05) is 48.5 Å². The monoisotopic (exact) mass is 506 g/mol. The highest BCUT2D eigenvalue weighted by Crippen LogP contribution is 2.49. The van der Waals surface area contributed by atoms with E-state index in [4.69, 9.17) is 9.47 Å². The van der Waals surface area contributed by atoms with Crippen LogP contribution in [0.5, 0.6) is 11.5 Å². The Kier molecular flexibility index (Phi) is 5.87. The Bertz CT molecular complexity index is 1670. The van der Waals surface area contributed by atoms with Gasteiger partial charge in [0.1, 0.15) is 17.3 Å². The maximum Gasteiger partial charge on any atom is 0.255 e. The fourth-order valence-corrected chi connectivity index (χ4v) is 5.66. The summed E-state index contributed by atoms with van der Waals surface area (Å²) in [6.45, 7) is 0.344. The van der Waals surface area contributed by atoms with E-state index in [1.165, 1.54) is 12.1 Å². The van der Waals surface area contributed by atoms with Gasteiger partial charge in [0.05, 0.1) is 26.0 Å². The van der Waals surface area contributed by atoms with Crippen molar-refractivity contribution in [1.82, 2.24) is 9.47 Å². The first kappa shape index (κ1) is 23.8. The van der Waals surface area contributed by atoms with Crippen LogP contribution in [-0.4, -0.2) is 29.6 Å².